The first-order valence-electron chi connectivity index (χ1n) is 7.15. The number of halogens is 1. The number of benzene rings is 2. The molecule has 0 aliphatic rings. The molecule has 6 heteroatoms. The minimum absolute atomic E-state index is 0.149. The van der Waals surface area contributed by atoms with Crippen LogP contribution in [0.15, 0.2) is 48.5 Å². The number of hydrogen-bond donors (Lipinski definition) is 2. The maximum Gasteiger partial charge on any atom is 0.313 e. The van der Waals surface area contributed by atoms with E-state index in [1.807, 2.05) is 6.92 Å². The monoisotopic (exact) mass is 316 g/mol. The summed E-state index contributed by atoms with van der Waals surface area (Å²) in [7, 11) is 0. The summed E-state index contributed by atoms with van der Waals surface area (Å²) in [5.41, 5.74) is 1.20. The number of hydrogen-bond acceptors (Lipinski definition) is 3. The van der Waals surface area contributed by atoms with Crippen LogP contribution in [-0.2, 0) is 16.1 Å². The van der Waals surface area contributed by atoms with Crippen molar-refractivity contribution in [1.82, 2.24) is 5.32 Å². The van der Waals surface area contributed by atoms with E-state index in [1.165, 1.54) is 12.1 Å². The lowest BCUT2D eigenvalue weighted by molar-refractivity contribution is -0.136. The predicted octanol–water partition coefficient (Wildman–Crippen LogP) is 2.48. The average molecular weight is 316 g/mol. The topological polar surface area (TPSA) is 67.4 Å². The zero-order valence-corrected chi connectivity index (χ0v) is 12.6. The first-order chi connectivity index (χ1) is 11.1. The van der Waals surface area contributed by atoms with Crippen molar-refractivity contribution in [3.63, 3.8) is 0 Å². The van der Waals surface area contributed by atoms with Gasteiger partial charge in [0.15, 0.2) is 0 Å². The van der Waals surface area contributed by atoms with Crippen LogP contribution in [0.2, 0.25) is 0 Å². The molecule has 0 saturated carbocycles. The van der Waals surface area contributed by atoms with Gasteiger partial charge in [0, 0.05) is 12.2 Å². The molecule has 2 N–H and O–H groups in total. The third-order valence-electron chi connectivity index (χ3n) is 3.00. The molecule has 2 aromatic carbocycles. The molecule has 0 atom stereocenters. The fourth-order valence-electron chi connectivity index (χ4n) is 1.85. The van der Waals surface area contributed by atoms with Crippen molar-refractivity contribution in [2.24, 2.45) is 0 Å². The summed E-state index contributed by atoms with van der Waals surface area (Å²) in [5.74, 6) is -1.20. The zero-order valence-electron chi connectivity index (χ0n) is 12.6. The molecule has 2 aromatic rings. The smallest absolute Gasteiger partial charge is 0.313 e. The van der Waals surface area contributed by atoms with Gasteiger partial charge < -0.3 is 15.4 Å². The Bertz CT molecular complexity index is 669. The van der Waals surface area contributed by atoms with Gasteiger partial charge in [-0.2, -0.15) is 0 Å². The lowest BCUT2D eigenvalue weighted by Crippen LogP contribution is -2.34. The molecular weight excluding hydrogens is 299 g/mol. The highest BCUT2D eigenvalue weighted by Crippen LogP contribution is 2.15. The predicted molar refractivity (Wildman–Crippen MR) is 84.5 cm³/mol. The molecule has 0 aromatic heterocycles. The zero-order chi connectivity index (χ0) is 16.7. The van der Waals surface area contributed by atoms with Gasteiger partial charge in [0.05, 0.1) is 6.61 Å². The Balaban J connectivity index is 1.84. The highest BCUT2D eigenvalue weighted by atomic mass is 19.1. The number of carbonyl (C=O) groups is 2. The van der Waals surface area contributed by atoms with Crippen molar-refractivity contribution in [3.05, 3.63) is 59.9 Å². The van der Waals surface area contributed by atoms with Gasteiger partial charge in [0.2, 0.25) is 0 Å². The van der Waals surface area contributed by atoms with Gasteiger partial charge in [-0.25, -0.2) is 4.39 Å². The van der Waals surface area contributed by atoms with Crippen LogP contribution >= 0.6 is 0 Å². The summed E-state index contributed by atoms with van der Waals surface area (Å²) in [6.07, 6.45) is 0. The summed E-state index contributed by atoms with van der Waals surface area (Å²) >= 11 is 0. The van der Waals surface area contributed by atoms with Crippen LogP contribution in [0.1, 0.15) is 12.5 Å². The van der Waals surface area contributed by atoms with E-state index in [1.54, 1.807) is 36.4 Å². The number of nitrogens with one attached hydrogen (secondary N) is 2. The SMILES string of the molecule is CCOc1ccc(NC(=O)C(=O)NCc2ccc(F)cc2)cc1. The lowest BCUT2D eigenvalue weighted by atomic mass is 10.2. The number of amides is 2. The lowest BCUT2D eigenvalue weighted by Gasteiger charge is -2.08. The van der Waals surface area contributed by atoms with E-state index in [0.29, 0.717) is 23.6 Å². The molecule has 2 amide bonds. The summed E-state index contributed by atoms with van der Waals surface area (Å²) in [4.78, 5) is 23.5. The molecule has 5 nitrogen and oxygen atoms in total. The van der Waals surface area contributed by atoms with E-state index in [2.05, 4.69) is 10.6 Å². The Morgan fingerprint density at radius 3 is 2.26 bits per heavy atom. The van der Waals surface area contributed by atoms with E-state index < -0.39 is 11.8 Å². The largest absolute Gasteiger partial charge is 0.494 e. The third-order valence-corrected chi connectivity index (χ3v) is 3.00. The molecule has 0 spiro atoms. The summed E-state index contributed by atoms with van der Waals surface area (Å²) in [5, 5.41) is 4.96. The van der Waals surface area contributed by atoms with Crippen molar-refractivity contribution in [1.29, 1.82) is 0 Å². The van der Waals surface area contributed by atoms with Gasteiger partial charge >= 0.3 is 11.8 Å². The fourth-order valence-corrected chi connectivity index (χ4v) is 1.85. The van der Waals surface area contributed by atoms with E-state index >= 15 is 0 Å². The van der Waals surface area contributed by atoms with Gasteiger partial charge in [-0.1, -0.05) is 12.1 Å². The number of rotatable bonds is 5. The molecule has 0 fully saturated rings. The number of carbonyl (C=O) groups excluding carboxylic acids is 2. The Labute approximate surface area is 133 Å². The Hall–Kier alpha value is -2.89. The van der Waals surface area contributed by atoms with Gasteiger partial charge in [0.25, 0.3) is 0 Å². The maximum absolute atomic E-state index is 12.8. The number of anilines is 1. The van der Waals surface area contributed by atoms with Crippen LogP contribution < -0.4 is 15.4 Å². The molecular formula is C17H17FN2O3. The second-order valence-electron chi connectivity index (χ2n) is 4.72. The average Bonchev–Trinajstić information content (AvgIpc) is 2.56. The molecule has 0 aliphatic heterocycles. The van der Waals surface area contributed by atoms with Gasteiger partial charge in [-0.15, -0.1) is 0 Å². The van der Waals surface area contributed by atoms with Crippen LogP contribution in [0, 0.1) is 5.82 Å². The van der Waals surface area contributed by atoms with Crippen molar-refractivity contribution in [2.75, 3.05) is 11.9 Å². The van der Waals surface area contributed by atoms with Crippen LogP contribution in [-0.4, -0.2) is 18.4 Å². The second kappa shape index (κ2) is 7.93. The summed E-state index contributed by atoms with van der Waals surface area (Å²) in [6, 6.07) is 12.4. The minimum atomic E-state index is -0.767. The quantitative estimate of drug-likeness (QED) is 0.833. The molecule has 0 saturated heterocycles. The van der Waals surface area contributed by atoms with Crippen molar-refractivity contribution < 1.29 is 18.7 Å². The van der Waals surface area contributed by atoms with Crippen molar-refractivity contribution in [2.45, 2.75) is 13.5 Å². The Kier molecular flexibility index (Phi) is 5.68. The fraction of sp³-hybridized carbons (Fsp3) is 0.176. The van der Waals surface area contributed by atoms with Crippen LogP contribution in [0.4, 0.5) is 10.1 Å². The van der Waals surface area contributed by atoms with E-state index in [-0.39, 0.29) is 12.4 Å². The number of ether oxygens (including phenoxy) is 1. The van der Waals surface area contributed by atoms with E-state index in [0.717, 1.165) is 0 Å². The van der Waals surface area contributed by atoms with Crippen LogP contribution in [0.25, 0.3) is 0 Å². The normalized spacial score (nSPS) is 10.0. The minimum Gasteiger partial charge on any atom is -0.494 e. The molecule has 0 aliphatic carbocycles. The highest BCUT2D eigenvalue weighted by Gasteiger charge is 2.13. The van der Waals surface area contributed by atoms with Crippen LogP contribution in [0.5, 0.6) is 5.75 Å². The van der Waals surface area contributed by atoms with Crippen molar-refractivity contribution >= 4 is 17.5 Å². The highest BCUT2D eigenvalue weighted by molar-refractivity contribution is 6.39. The Morgan fingerprint density at radius 2 is 1.65 bits per heavy atom. The molecule has 2 rings (SSSR count). The second-order valence-corrected chi connectivity index (χ2v) is 4.72. The molecule has 0 unspecified atom stereocenters. The van der Waals surface area contributed by atoms with E-state index in [4.69, 9.17) is 4.74 Å². The maximum atomic E-state index is 12.8. The van der Waals surface area contributed by atoms with Gasteiger partial charge in [0.1, 0.15) is 11.6 Å². The standard InChI is InChI=1S/C17H17FN2O3/c1-2-23-15-9-7-14(8-10-15)20-17(22)16(21)19-11-12-3-5-13(18)6-4-12/h3-10H,2,11H2,1H3,(H,19,21)(H,20,22). The molecule has 0 radical (unpaired) electrons. The molecule has 0 bridgehead atoms. The first kappa shape index (κ1) is 16.5. The first-order valence-corrected chi connectivity index (χ1v) is 7.15. The van der Waals surface area contributed by atoms with Crippen molar-refractivity contribution in [3.8, 4) is 5.75 Å². The van der Waals surface area contributed by atoms with E-state index in [9.17, 15) is 14.0 Å². The molecule has 120 valence electrons. The Morgan fingerprint density at radius 1 is 1.00 bits per heavy atom. The van der Waals surface area contributed by atoms with Crippen LogP contribution in [0.3, 0.4) is 0 Å². The summed E-state index contributed by atoms with van der Waals surface area (Å²) in [6.45, 7) is 2.58. The van der Waals surface area contributed by atoms with Gasteiger partial charge in [-0.05, 0) is 48.9 Å². The third kappa shape index (κ3) is 5.10. The van der Waals surface area contributed by atoms with Gasteiger partial charge in [-0.3, -0.25) is 9.59 Å². The molecule has 23 heavy (non-hydrogen) atoms. The summed E-state index contributed by atoms with van der Waals surface area (Å²) < 4.78 is 18.1. The molecule has 0 heterocycles.